The monoisotopic (exact) mass is 618 g/mol. The smallest absolute Gasteiger partial charge is 0.303 e. The van der Waals surface area contributed by atoms with Crippen LogP contribution in [0.1, 0.15) is 56.9 Å². The van der Waals surface area contributed by atoms with Crippen molar-refractivity contribution >= 4 is 35.5 Å². The molecule has 2 aromatic carbocycles. The molecule has 0 N–H and O–H groups in total. The number of hydrogen-bond acceptors (Lipinski definition) is 11. The predicted octanol–water partition coefficient (Wildman–Crippen LogP) is 3.90. The topological polar surface area (TPSA) is 133 Å². The van der Waals surface area contributed by atoms with Crippen molar-refractivity contribution in [1.29, 1.82) is 0 Å². The summed E-state index contributed by atoms with van der Waals surface area (Å²) in [6.07, 6.45) is -4.13. The van der Waals surface area contributed by atoms with E-state index in [1.54, 1.807) is 12.1 Å². The van der Waals surface area contributed by atoms with Crippen LogP contribution in [0.3, 0.4) is 0 Å². The molecule has 2 fully saturated rings. The van der Waals surface area contributed by atoms with E-state index in [4.69, 9.17) is 44.8 Å². The highest BCUT2D eigenvalue weighted by Gasteiger charge is 2.53. The Labute approximate surface area is 254 Å². The fraction of sp³-hybridized carbons (Fsp3) is 0.484. The summed E-state index contributed by atoms with van der Waals surface area (Å²) in [6.45, 7) is 5.71. The van der Waals surface area contributed by atoms with E-state index >= 15 is 0 Å². The lowest BCUT2D eigenvalue weighted by atomic mass is 9.96. The molecule has 4 rings (SSSR count). The summed E-state index contributed by atoms with van der Waals surface area (Å²) in [5.74, 6) is -1.84. The van der Waals surface area contributed by atoms with Crippen LogP contribution < -0.4 is 4.74 Å². The van der Waals surface area contributed by atoms with Crippen molar-refractivity contribution in [1.82, 2.24) is 0 Å². The molecular formula is C31H35ClO11. The lowest BCUT2D eigenvalue weighted by Gasteiger charge is -2.27. The van der Waals surface area contributed by atoms with Gasteiger partial charge in [0.2, 0.25) is 0 Å². The van der Waals surface area contributed by atoms with E-state index in [1.807, 2.05) is 30.3 Å². The molecule has 0 amide bonds. The highest BCUT2D eigenvalue weighted by Crippen LogP contribution is 2.40. The van der Waals surface area contributed by atoms with E-state index in [2.05, 4.69) is 0 Å². The first-order valence-corrected chi connectivity index (χ1v) is 14.3. The zero-order chi connectivity index (χ0) is 31.1. The molecule has 0 radical (unpaired) electrons. The highest BCUT2D eigenvalue weighted by molar-refractivity contribution is 6.31. The molecule has 43 heavy (non-hydrogen) atoms. The van der Waals surface area contributed by atoms with Gasteiger partial charge in [0.05, 0.1) is 13.2 Å². The molecule has 2 aliphatic heterocycles. The summed E-state index contributed by atoms with van der Waals surface area (Å²) in [7, 11) is 0. The molecule has 12 heteroatoms. The Balaban J connectivity index is 1.61. The Morgan fingerprint density at radius 1 is 0.907 bits per heavy atom. The van der Waals surface area contributed by atoms with Crippen LogP contribution in [0.5, 0.6) is 5.75 Å². The molecule has 2 saturated heterocycles. The Bertz CT molecular complexity index is 1310. The highest BCUT2D eigenvalue weighted by atomic mass is 35.5. The Morgan fingerprint density at radius 3 is 2.21 bits per heavy atom. The molecule has 6 atom stereocenters. The quantitative estimate of drug-likeness (QED) is 0.268. The van der Waals surface area contributed by atoms with E-state index in [-0.39, 0.29) is 12.7 Å². The van der Waals surface area contributed by atoms with Gasteiger partial charge in [-0.25, -0.2) is 0 Å². The van der Waals surface area contributed by atoms with Crippen molar-refractivity contribution < 1.29 is 52.3 Å². The Morgan fingerprint density at radius 2 is 1.60 bits per heavy atom. The second-order valence-corrected chi connectivity index (χ2v) is 10.8. The van der Waals surface area contributed by atoms with Gasteiger partial charge < -0.3 is 33.2 Å². The Hall–Kier alpha value is -3.67. The second-order valence-electron chi connectivity index (χ2n) is 10.4. The number of ether oxygens (including phenoxy) is 7. The normalized spacial score (nSPS) is 23.7. The Kier molecular flexibility index (Phi) is 11.0. The number of esters is 4. The first kappa shape index (κ1) is 32.2. The number of rotatable bonds is 11. The van der Waals surface area contributed by atoms with Gasteiger partial charge in [0, 0.05) is 39.1 Å². The van der Waals surface area contributed by atoms with E-state index in [0.717, 1.165) is 23.3 Å². The number of carbonyl (C=O) groups is 4. The molecule has 1 unspecified atom stereocenters. The van der Waals surface area contributed by atoms with Gasteiger partial charge >= 0.3 is 23.9 Å². The fourth-order valence-electron chi connectivity index (χ4n) is 5.12. The van der Waals surface area contributed by atoms with Crippen LogP contribution in [0.2, 0.25) is 5.02 Å². The van der Waals surface area contributed by atoms with Crippen LogP contribution in [0.15, 0.2) is 42.5 Å². The van der Waals surface area contributed by atoms with Crippen molar-refractivity contribution in [2.24, 2.45) is 0 Å². The average Bonchev–Trinajstić information content (AvgIpc) is 3.56. The zero-order valence-electron chi connectivity index (χ0n) is 24.4. The summed E-state index contributed by atoms with van der Waals surface area (Å²) in [5.41, 5.74) is 2.33. The third kappa shape index (κ3) is 8.92. The minimum absolute atomic E-state index is 0.0441. The molecule has 0 aromatic heterocycles. The van der Waals surface area contributed by atoms with Crippen LogP contribution >= 0.6 is 11.6 Å². The van der Waals surface area contributed by atoms with E-state index < -0.39 is 54.4 Å². The molecule has 0 saturated carbocycles. The predicted molar refractivity (Wildman–Crippen MR) is 151 cm³/mol. The SMILES string of the molecule is CC(=O)OC[C@@H](OC(C)=O)[C@H]1OC(c2ccc(Cl)c(Cc3ccc(O[C@H]4CCOC4)cc3)c2)[C@H](OC(C)=O)[C@H]1OC(C)=O. The minimum Gasteiger partial charge on any atom is -0.488 e. The maximum Gasteiger partial charge on any atom is 0.303 e. The van der Waals surface area contributed by atoms with Gasteiger partial charge in [-0.2, -0.15) is 0 Å². The molecule has 0 bridgehead atoms. The lowest BCUT2D eigenvalue weighted by Crippen LogP contribution is -2.46. The summed E-state index contributed by atoms with van der Waals surface area (Å²) >= 11 is 6.58. The maximum absolute atomic E-state index is 12.2. The van der Waals surface area contributed by atoms with Crippen LogP contribution in [0, 0.1) is 0 Å². The van der Waals surface area contributed by atoms with Gasteiger partial charge in [-0.15, -0.1) is 0 Å². The standard InChI is InChI=1S/C31H35ClO11/c1-17(33)38-16-27(39-18(2)34)29-31(41-20(4)36)30(40-19(3)35)28(43-29)22-7-10-26(32)23(14-22)13-21-5-8-24(9-6-21)42-25-11-12-37-15-25/h5-10,14,25,27-31H,11-13,15-16H2,1-4H3/t25-,27+,28?,29+,30-,31-/m0/s1. The first-order valence-electron chi connectivity index (χ1n) is 13.9. The minimum atomic E-state index is -1.18. The van der Waals surface area contributed by atoms with E-state index in [9.17, 15) is 19.2 Å². The van der Waals surface area contributed by atoms with E-state index in [0.29, 0.717) is 30.2 Å². The fourth-order valence-corrected chi connectivity index (χ4v) is 5.30. The molecule has 11 nitrogen and oxygen atoms in total. The maximum atomic E-state index is 12.2. The molecule has 2 aromatic rings. The molecule has 0 spiro atoms. The van der Waals surface area contributed by atoms with Gasteiger partial charge in [-0.1, -0.05) is 35.9 Å². The van der Waals surface area contributed by atoms with Crippen LogP contribution in [0.25, 0.3) is 0 Å². The summed E-state index contributed by atoms with van der Waals surface area (Å²) < 4.78 is 39.3. The molecule has 2 heterocycles. The largest absolute Gasteiger partial charge is 0.488 e. The van der Waals surface area contributed by atoms with Gasteiger partial charge in [-0.3, -0.25) is 19.2 Å². The van der Waals surface area contributed by atoms with E-state index in [1.165, 1.54) is 27.7 Å². The lowest BCUT2D eigenvalue weighted by molar-refractivity contribution is -0.176. The van der Waals surface area contributed by atoms with Crippen LogP contribution in [-0.2, 0) is 54.0 Å². The zero-order valence-corrected chi connectivity index (χ0v) is 25.2. The summed E-state index contributed by atoms with van der Waals surface area (Å²) in [4.78, 5) is 47.7. The molecular weight excluding hydrogens is 584 g/mol. The van der Waals surface area contributed by atoms with Gasteiger partial charge in [0.1, 0.15) is 30.7 Å². The van der Waals surface area contributed by atoms with Crippen LogP contribution in [0.4, 0.5) is 0 Å². The number of hydrogen-bond donors (Lipinski definition) is 0. The van der Waals surface area contributed by atoms with Gasteiger partial charge in [-0.05, 0) is 41.3 Å². The van der Waals surface area contributed by atoms with Crippen molar-refractivity contribution in [2.45, 2.75) is 77.2 Å². The number of halogens is 1. The molecule has 232 valence electrons. The van der Waals surface area contributed by atoms with Gasteiger partial charge in [0.15, 0.2) is 18.3 Å². The van der Waals surface area contributed by atoms with Crippen LogP contribution in [-0.4, -0.2) is 74.2 Å². The third-order valence-electron chi connectivity index (χ3n) is 6.90. The molecule has 2 aliphatic rings. The average molecular weight is 619 g/mol. The second kappa shape index (κ2) is 14.7. The number of carbonyl (C=O) groups excluding carboxylic acids is 4. The third-order valence-corrected chi connectivity index (χ3v) is 7.26. The van der Waals surface area contributed by atoms with Gasteiger partial charge in [0.25, 0.3) is 0 Å². The van der Waals surface area contributed by atoms with Crippen molar-refractivity contribution in [3.8, 4) is 5.75 Å². The first-order chi connectivity index (χ1) is 20.5. The summed E-state index contributed by atoms with van der Waals surface area (Å²) in [6, 6.07) is 12.9. The molecule has 0 aliphatic carbocycles. The van der Waals surface area contributed by atoms with Crippen molar-refractivity contribution in [3.63, 3.8) is 0 Å². The van der Waals surface area contributed by atoms with Crippen molar-refractivity contribution in [3.05, 3.63) is 64.2 Å². The number of benzene rings is 2. The van der Waals surface area contributed by atoms with Crippen molar-refractivity contribution in [2.75, 3.05) is 19.8 Å². The summed E-state index contributed by atoms with van der Waals surface area (Å²) in [5, 5.41) is 0.509.